The first-order chi connectivity index (χ1) is 9.69. The van der Waals surface area contributed by atoms with E-state index in [2.05, 4.69) is 31.4 Å². The zero-order valence-electron chi connectivity index (χ0n) is 13.7. The molecule has 1 aromatic carbocycles. The molecule has 0 heterocycles. The summed E-state index contributed by atoms with van der Waals surface area (Å²) in [5.41, 5.74) is 0.942. The van der Waals surface area contributed by atoms with Crippen molar-refractivity contribution in [3.8, 4) is 0 Å². The third-order valence-electron chi connectivity index (χ3n) is 3.22. The topological polar surface area (TPSA) is 41.1 Å². The van der Waals surface area contributed by atoms with Crippen LogP contribution in [0.1, 0.15) is 52.6 Å². The standard InChI is InChI=1S/C17H27FN2O/c1-12(2)16(13-6-8-14(18)9-7-13)20-15(21)10-11-19-17(3,4)5/h6-9,12,16,19H,10-11H2,1-5H3,(H,20,21). The summed E-state index contributed by atoms with van der Waals surface area (Å²) in [4.78, 5) is 12.1. The molecule has 0 saturated carbocycles. The van der Waals surface area contributed by atoms with Crippen LogP contribution < -0.4 is 10.6 Å². The molecule has 1 atom stereocenters. The second-order valence-electron chi connectivity index (χ2n) is 6.77. The van der Waals surface area contributed by atoms with Crippen LogP contribution in [0.4, 0.5) is 4.39 Å². The van der Waals surface area contributed by atoms with Gasteiger partial charge < -0.3 is 10.6 Å². The first-order valence-corrected chi connectivity index (χ1v) is 7.49. The largest absolute Gasteiger partial charge is 0.349 e. The highest BCUT2D eigenvalue weighted by molar-refractivity contribution is 5.76. The Morgan fingerprint density at radius 1 is 1.19 bits per heavy atom. The monoisotopic (exact) mass is 294 g/mol. The molecule has 3 nitrogen and oxygen atoms in total. The van der Waals surface area contributed by atoms with Crippen LogP contribution >= 0.6 is 0 Å². The van der Waals surface area contributed by atoms with Gasteiger partial charge in [0.25, 0.3) is 0 Å². The molecule has 21 heavy (non-hydrogen) atoms. The van der Waals surface area contributed by atoms with Gasteiger partial charge >= 0.3 is 0 Å². The normalized spacial score (nSPS) is 13.3. The molecule has 4 heteroatoms. The molecule has 0 aliphatic rings. The van der Waals surface area contributed by atoms with Crippen LogP contribution in [0.25, 0.3) is 0 Å². The molecule has 0 aliphatic carbocycles. The molecule has 0 fully saturated rings. The third-order valence-corrected chi connectivity index (χ3v) is 3.22. The second kappa shape index (κ2) is 7.55. The highest BCUT2D eigenvalue weighted by Gasteiger charge is 2.18. The van der Waals surface area contributed by atoms with Crippen molar-refractivity contribution in [3.05, 3.63) is 35.6 Å². The third kappa shape index (κ3) is 6.71. The molecule has 0 bridgehead atoms. The molecule has 1 aromatic rings. The van der Waals surface area contributed by atoms with Crippen molar-refractivity contribution in [1.29, 1.82) is 0 Å². The van der Waals surface area contributed by atoms with Crippen LogP contribution in [0, 0.1) is 11.7 Å². The summed E-state index contributed by atoms with van der Waals surface area (Å²) >= 11 is 0. The number of benzene rings is 1. The van der Waals surface area contributed by atoms with Crippen molar-refractivity contribution >= 4 is 5.91 Å². The lowest BCUT2D eigenvalue weighted by Gasteiger charge is -2.24. The summed E-state index contributed by atoms with van der Waals surface area (Å²) in [6.45, 7) is 10.9. The summed E-state index contributed by atoms with van der Waals surface area (Å²) in [5.74, 6) is -0.00767. The van der Waals surface area contributed by atoms with Crippen LogP contribution in [-0.4, -0.2) is 18.0 Å². The average Bonchev–Trinajstić information content (AvgIpc) is 2.35. The number of hydrogen-bond acceptors (Lipinski definition) is 2. The molecule has 2 N–H and O–H groups in total. The lowest BCUT2D eigenvalue weighted by Crippen LogP contribution is -2.39. The number of hydrogen-bond donors (Lipinski definition) is 2. The number of nitrogens with one attached hydrogen (secondary N) is 2. The van der Waals surface area contributed by atoms with E-state index < -0.39 is 0 Å². The second-order valence-corrected chi connectivity index (χ2v) is 6.77. The van der Waals surface area contributed by atoms with Crippen LogP contribution in [-0.2, 0) is 4.79 Å². The van der Waals surface area contributed by atoms with Crippen molar-refractivity contribution in [3.63, 3.8) is 0 Å². The van der Waals surface area contributed by atoms with Gasteiger partial charge in [0, 0.05) is 18.5 Å². The molecule has 0 aliphatic heterocycles. The minimum Gasteiger partial charge on any atom is -0.349 e. The first kappa shape index (κ1) is 17.6. The van der Waals surface area contributed by atoms with Gasteiger partial charge in [-0.15, -0.1) is 0 Å². The van der Waals surface area contributed by atoms with E-state index >= 15 is 0 Å². The zero-order valence-corrected chi connectivity index (χ0v) is 13.7. The zero-order chi connectivity index (χ0) is 16.0. The summed E-state index contributed by atoms with van der Waals surface area (Å²) in [6, 6.07) is 6.23. The molecular weight excluding hydrogens is 267 g/mol. The van der Waals surface area contributed by atoms with E-state index in [9.17, 15) is 9.18 Å². The number of amides is 1. The van der Waals surface area contributed by atoms with Gasteiger partial charge in [0.1, 0.15) is 5.82 Å². The van der Waals surface area contributed by atoms with E-state index in [0.29, 0.717) is 13.0 Å². The molecule has 118 valence electrons. The van der Waals surface area contributed by atoms with Gasteiger partial charge in [0.15, 0.2) is 0 Å². The maximum atomic E-state index is 13.0. The number of carbonyl (C=O) groups excluding carboxylic acids is 1. The molecule has 1 rings (SSSR count). The molecule has 0 radical (unpaired) electrons. The van der Waals surface area contributed by atoms with Crippen LogP contribution in [0.5, 0.6) is 0 Å². The lowest BCUT2D eigenvalue weighted by atomic mass is 9.96. The first-order valence-electron chi connectivity index (χ1n) is 7.49. The minimum atomic E-state index is -0.262. The Kier molecular flexibility index (Phi) is 6.34. The van der Waals surface area contributed by atoms with Gasteiger partial charge in [-0.3, -0.25) is 4.79 Å². The van der Waals surface area contributed by atoms with Gasteiger partial charge in [-0.2, -0.15) is 0 Å². The highest BCUT2D eigenvalue weighted by Crippen LogP contribution is 2.22. The fourth-order valence-corrected chi connectivity index (χ4v) is 2.10. The van der Waals surface area contributed by atoms with Crippen LogP contribution in [0.15, 0.2) is 24.3 Å². The van der Waals surface area contributed by atoms with Crippen molar-refractivity contribution in [2.75, 3.05) is 6.54 Å². The maximum absolute atomic E-state index is 13.0. The van der Waals surface area contributed by atoms with Gasteiger partial charge in [0.05, 0.1) is 6.04 Å². The predicted molar refractivity (Wildman–Crippen MR) is 84.5 cm³/mol. The van der Waals surface area contributed by atoms with Crippen molar-refractivity contribution in [1.82, 2.24) is 10.6 Å². The Morgan fingerprint density at radius 2 is 1.76 bits per heavy atom. The Bertz CT molecular complexity index is 449. The van der Waals surface area contributed by atoms with E-state index in [0.717, 1.165) is 5.56 Å². The quantitative estimate of drug-likeness (QED) is 0.844. The smallest absolute Gasteiger partial charge is 0.221 e. The lowest BCUT2D eigenvalue weighted by molar-refractivity contribution is -0.122. The number of rotatable bonds is 6. The van der Waals surface area contributed by atoms with E-state index in [1.807, 2.05) is 13.8 Å². The van der Waals surface area contributed by atoms with E-state index in [1.165, 1.54) is 12.1 Å². The molecule has 0 saturated heterocycles. The summed E-state index contributed by atoms with van der Waals surface area (Å²) in [7, 11) is 0. The summed E-state index contributed by atoms with van der Waals surface area (Å²) in [6.07, 6.45) is 0.432. The molecule has 0 aromatic heterocycles. The van der Waals surface area contributed by atoms with Gasteiger partial charge in [0.2, 0.25) is 5.91 Å². The van der Waals surface area contributed by atoms with E-state index in [-0.39, 0.29) is 29.2 Å². The predicted octanol–water partition coefficient (Wildman–Crippen LogP) is 3.42. The van der Waals surface area contributed by atoms with E-state index in [4.69, 9.17) is 0 Å². The highest BCUT2D eigenvalue weighted by atomic mass is 19.1. The van der Waals surface area contributed by atoms with Gasteiger partial charge in [-0.05, 0) is 44.4 Å². The van der Waals surface area contributed by atoms with E-state index in [1.54, 1.807) is 12.1 Å². The Balaban J connectivity index is 2.58. The molecular formula is C17H27FN2O. The maximum Gasteiger partial charge on any atom is 0.221 e. The molecule has 0 spiro atoms. The average molecular weight is 294 g/mol. The van der Waals surface area contributed by atoms with Crippen molar-refractivity contribution in [2.24, 2.45) is 5.92 Å². The number of carbonyl (C=O) groups is 1. The van der Waals surface area contributed by atoms with Crippen LogP contribution in [0.2, 0.25) is 0 Å². The van der Waals surface area contributed by atoms with Crippen LogP contribution in [0.3, 0.4) is 0 Å². The Hall–Kier alpha value is -1.42. The Labute approximate surface area is 127 Å². The SMILES string of the molecule is CC(C)C(NC(=O)CCNC(C)(C)C)c1ccc(F)cc1. The summed E-state index contributed by atoms with van der Waals surface area (Å²) in [5, 5.41) is 6.33. The van der Waals surface area contributed by atoms with Crippen molar-refractivity contribution < 1.29 is 9.18 Å². The summed E-state index contributed by atoms with van der Waals surface area (Å²) < 4.78 is 13.0. The Morgan fingerprint density at radius 3 is 2.24 bits per heavy atom. The number of halogens is 1. The van der Waals surface area contributed by atoms with Gasteiger partial charge in [-0.1, -0.05) is 26.0 Å². The minimum absolute atomic E-state index is 0.00862. The fraction of sp³-hybridized carbons (Fsp3) is 0.588. The van der Waals surface area contributed by atoms with Gasteiger partial charge in [-0.25, -0.2) is 4.39 Å². The fourth-order valence-electron chi connectivity index (χ4n) is 2.10. The molecule has 1 unspecified atom stereocenters. The molecule has 1 amide bonds. The van der Waals surface area contributed by atoms with Crippen molar-refractivity contribution in [2.45, 2.75) is 52.6 Å².